The van der Waals surface area contributed by atoms with Crippen LogP contribution < -0.4 is 5.32 Å². The Kier molecular flexibility index (Phi) is 4.68. The average molecular weight is 382 g/mol. The van der Waals surface area contributed by atoms with Gasteiger partial charge in [0.2, 0.25) is 5.89 Å². The zero-order valence-corrected chi connectivity index (χ0v) is 15.4. The van der Waals surface area contributed by atoms with E-state index >= 15 is 0 Å². The third-order valence-corrected chi connectivity index (χ3v) is 5.58. The molecule has 0 fully saturated rings. The summed E-state index contributed by atoms with van der Waals surface area (Å²) < 4.78 is 6.16. The van der Waals surface area contributed by atoms with Crippen LogP contribution in [0.2, 0.25) is 0 Å². The van der Waals surface area contributed by atoms with Crippen molar-refractivity contribution in [3.63, 3.8) is 0 Å². The third kappa shape index (κ3) is 3.61. The number of fused-ring (bicyclic) bond motifs is 1. The van der Waals surface area contributed by atoms with Crippen LogP contribution in [-0.4, -0.2) is 21.0 Å². The number of aromatic nitrogens is 3. The molecule has 2 aromatic carbocycles. The minimum absolute atomic E-state index is 0.186. The molecule has 0 radical (unpaired) electrons. The summed E-state index contributed by atoms with van der Waals surface area (Å²) in [4.78, 5) is 22.2. The predicted molar refractivity (Wildman–Crippen MR) is 103 cm³/mol. The van der Waals surface area contributed by atoms with Gasteiger partial charge in [0.15, 0.2) is 11.0 Å². The van der Waals surface area contributed by atoms with E-state index < -0.39 is 0 Å². The summed E-state index contributed by atoms with van der Waals surface area (Å²) in [5, 5.41) is 7.26. The topological polar surface area (TPSA) is 80.9 Å². The van der Waals surface area contributed by atoms with Crippen molar-refractivity contribution in [2.45, 2.75) is 17.6 Å². The molecular formula is C18H14N4O2S2. The Labute approximate surface area is 157 Å². The van der Waals surface area contributed by atoms with E-state index in [0.717, 1.165) is 15.1 Å². The second-order valence-electron chi connectivity index (χ2n) is 5.46. The number of carbonyl (C=O) groups is 1. The summed E-state index contributed by atoms with van der Waals surface area (Å²) in [6.45, 7) is 1.77. The molecule has 1 amide bonds. The van der Waals surface area contributed by atoms with Crippen LogP contribution in [0.3, 0.4) is 0 Å². The second kappa shape index (κ2) is 7.27. The number of thiazole rings is 1. The van der Waals surface area contributed by atoms with Gasteiger partial charge in [0.1, 0.15) is 0 Å². The van der Waals surface area contributed by atoms with E-state index in [-0.39, 0.29) is 5.91 Å². The largest absolute Gasteiger partial charge is 0.338 e. The molecule has 0 saturated heterocycles. The molecule has 1 N–H and O–H groups in total. The van der Waals surface area contributed by atoms with Crippen LogP contribution in [0, 0.1) is 6.92 Å². The van der Waals surface area contributed by atoms with Gasteiger partial charge in [-0.15, -0.1) is 11.8 Å². The average Bonchev–Trinajstić information content (AvgIpc) is 3.25. The molecule has 2 aromatic heterocycles. The van der Waals surface area contributed by atoms with Gasteiger partial charge in [-0.2, -0.15) is 4.98 Å². The van der Waals surface area contributed by atoms with Gasteiger partial charge in [0.05, 0.1) is 21.5 Å². The Morgan fingerprint density at radius 1 is 1.15 bits per heavy atom. The zero-order valence-electron chi connectivity index (χ0n) is 13.8. The molecule has 2 heterocycles. The van der Waals surface area contributed by atoms with Crippen molar-refractivity contribution >= 4 is 44.4 Å². The lowest BCUT2D eigenvalue weighted by molar-refractivity contribution is 0.102. The number of anilines is 1. The Morgan fingerprint density at radius 3 is 2.77 bits per heavy atom. The van der Waals surface area contributed by atoms with Crippen LogP contribution in [-0.2, 0) is 5.75 Å². The molecule has 0 aliphatic carbocycles. The Hall–Kier alpha value is -2.71. The van der Waals surface area contributed by atoms with Gasteiger partial charge in [-0.25, -0.2) is 4.98 Å². The highest BCUT2D eigenvalue weighted by atomic mass is 32.2. The first-order valence-corrected chi connectivity index (χ1v) is 9.67. The van der Waals surface area contributed by atoms with E-state index in [1.807, 2.05) is 42.5 Å². The lowest BCUT2D eigenvalue weighted by atomic mass is 10.2. The van der Waals surface area contributed by atoms with Crippen LogP contribution in [0.5, 0.6) is 0 Å². The molecule has 0 aliphatic rings. The van der Waals surface area contributed by atoms with E-state index in [2.05, 4.69) is 20.4 Å². The Bertz CT molecular complexity index is 1040. The predicted octanol–water partition coefficient (Wildman–Crippen LogP) is 4.53. The summed E-state index contributed by atoms with van der Waals surface area (Å²) in [5.41, 5.74) is 1.47. The zero-order chi connectivity index (χ0) is 17.9. The lowest BCUT2D eigenvalue weighted by Gasteiger charge is -2.07. The highest BCUT2D eigenvalue weighted by molar-refractivity contribution is 7.98. The van der Waals surface area contributed by atoms with Crippen molar-refractivity contribution in [3.8, 4) is 0 Å². The minimum Gasteiger partial charge on any atom is -0.338 e. The summed E-state index contributed by atoms with van der Waals surface area (Å²) >= 11 is 2.94. The molecule has 0 spiro atoms. The number of amides is 1. The molecule has 6 nitrogen and oxygen atoms in total. The molecule has 0 atom stereocenters. The standard InChI is InChI=1S/C18H14N4O2S2/c1-11-19-16(24-22-11)10-25-14-8-4-2-6-12(14)17(23)21-18-20-13-7-3-5-9-15(13)26-18/h2-9H,10H2,1H3,(H,20,21,23). The van der Waals surface area contributed by atoms with Gasteiger partial charge in [-0.1, -0.05) is 40.8 Å². The Balaban J connectivity index is 1.52. The highest BCUT2D eigenvalue weighted by Gasteiger charge is 2.15. The quantitative estimate of drug-likeness (QED) is 0.511. The van der Waals surface area contributed by atoms with Gasteiger partial charge >= 0.3 is 0 Å². The van der Waals surface area contributed by atoms with Crippen molar-refractivity contribution < 1.29 is 9.32 Å². The normalized spacial score (nSPS) is 11.0. The number of para-hydroxylation sites is 1. The maximum atomic E-state index is 12.7. The number of aryl methyl sites for hydroxylation is 1. The molecule has 0 bridgehead atoms. The number of hydrogen-bond donors (Lipinski definition) is 1. The van der Waals surface area contributed by atoms with E-state index in [1.54, 1.807) is 13.0 Å². The number of nitrogens with zero attached hydrogens (tertiary/aromatic N) is 3. The summed E-state index contributed by atoms with van der Waals surface area (Å²) in [6.07, 6.45) is 0. The van der Waals surface area contributed by atoms with E-state index in [0.29, 0.717) is 28.2 Å². The van der Waals surface area contributed by atoms with E-state index in [4.69, 9.17) is 4.52 Å². The van der Waals surface area contributed by atoms with Gasteiger partial charge in [-0.05, 0) is 31.2 Å². The SMILES string of the molecule is Cc1noc(CSc2ccccc2C(=O)Nc2nc3ccccc3s2)n1. The van der Waals surface area contributed by atoms with Crippen LogP contribution in [0.1, 0.15) is 22.1 Å². The van der Waals surface area contributed by atoms with Gasteiger partial charge < -0.3 is 4.52 Å². The molecule has 8 heteroatoms. The first-order valence-electron chi connectivity index (χ1n) is 7.87. The van der Waals surface area contributed by atoms with Crippen LogP contribution in [0.15, 0.2) is 57.9 Å². The summed E-state index contributed by atoms with van der Waals surface area (Å²) in [5.74, 6) is 1.46. The fraction of sp³-hybridized carbons (Fsp3) is 0.111. The first-order chi connectivity index (χ1) is 12.7. The molecule has 4 aromatic rings. The fourth-order valence-electron chi connectivity index (χ4n) is 2.41. The van der Waals surface area contributed by atoms with Crippen molar-refractivity contribution in [2.75, 3.05) is 5.32 Å². The molecule has 0 saturated carbocycles. The van der Waals surface area contributed by atoms with E-state index in [9.17, 15) is 4.79 Å². The number of rotatable bonds is 5. The van der Waals surface area contributed by atoms with Crippen molar-refractivity contribution in [2.24, 2.45) is 0 Å². The molecule has 4 rings (SSSR count). The molecular weight excluding hydrogens is 368 g/mol. The maximum absolute atomic E-state index is 12.7. The summed E-state index contributed by atoms with van der Waals surface area (Å²) in [7, 11) is 0. The molecule has 0 unspecified atom stereocenters. The van der Waals surface area contributed by atoms with Crippen LogP contribution in [0.25, 0.3) is 10.2 Å². The molecule has 130 valence electrons. The third-order valence-electron chi connectivity index (χ3n) is 3.57. The highest BCUT2D eigenvalue weighted by Crippen LogP contribution is 2.29. The first kappa shape index (κ1) is 16.7. The smallest absolute Gasteiger partial charge is 0.258 e. The molecule has 0 aliphatic heterocycles. The lowest BCUT2D eigenvalue weighted by Crippen LogP contribution is -2.12. The van der Waals surface area contributed by atoms with Gasteiger partial charge in [-0.3, -0.25) is 10.1 Å². The van der Waals surface area contributed by atoms with Crippen molar-refractivity contribution in [3.05, 3.63) is 65.8 Å². The number of hydrogen-bond acceptors (Lipinski definition) is 7. The summed E-state index contributed by atoms with van der Waals surface area (Å²) in [6, 6.07) is 15.2. The number of thioether (sulfide) groups is 1. The number of carbonyl (C=O) groups excluding carboxylic acids is 1. The second-order valence-corrected chi connectivity index (χ2v) is 7.51. The monoisotopic (exact) mass is 382 g/mol. The van der Waals surface area contributed by atoms with Crippen molar-refractivity contribution in [1.82, 2.24) is 15.1 Å². The van der Waals surface area contributed by atoms with Gasteiger partial charge in [0, 0.05) is 4.90 Å². The Morgan fingerprint density at radius 2 is 1.96 bits per heavy atom. The van der Waals surface area contributed by atoms with Crippen LogP contribution in [0.4, 0.5) is 5.13 Å². The number of nitrogens with one attached hydrogen (secondary N) is 1. The van der Waals surface area contributed by atoms with Gasteiger partial charge in [0.25, 0.3) is 5.91 Å². The fourth-order valence-corrected chi connectivity index (χ4v) is 4.16. The van der Waals surface area contributed by atoms with E-state index in [1.165, 1.54) is 23.1 Å². The molecule has 26 heavy (non-hydrogen) atoms. The number of benzene rings is 2. The van der Waals surface area contributed by atoms with Crippen LogP contribution >= 0.6 is 23.1 Å². The maximum Gasteiger partial charge on any atom is 0.258 e. The minimum atomic E-state index is -0.186. The van der Waals surface area contributed by atoms with Crippen molar-refractivity contribution in [1.29, 1.82) is 0 Å².